The molecule has 96 valence electrons. The summed E-state index contributed by atoms with van der Waals surface area (Å²) in [6.07, 6.45) is 0.883. The molecule has 18 heavy (non-hydrogen) atoms. The first-order valence-electron chi connectivity index (χ1n) is 5.35. The number of nitro groups is 1. The quantitative estimate of drug-likeness (QED) is 0.475. The average molecular weight is 334 g/mol. The van der Waals surface area contributed by atoms with Crippen LogP contribution in [0, 0.1) is 10.1 Å². The van der Waals surface area contributed by atoms with Crippen LogP contribution in [0.1, 0.15) is 16.8 Å². The molecule has 1 aromatic rings. The number of nitro benzene ring substituents is 1. The van der Waals surface area contributed by atoms with Crippen LogP contribution in [0.4, 0.5) is 5.69 Å². The van der Waals surface area contributed by atoms with E-state index in [1.807, 2.05) is 0 Å². The van der Waals surface area contributed by atoms with Gasteiger partial charge >= 0.3 is 0 Å². The molecule has 0 radical (unpaired) electrons. The van der Waals surface area contributed by atoms with Gasteiger partial charge in [0.25, 0.3) is 11.6 Å². The van der Waals surface area contributed by atoms with Gasteiger partial charge in [-0.05, 0) is 12.5 Å². The Morgan fingerprint density at radius 2 is 2.22 bits per heavy atom. The van der Waals surface area contributed by atoms with Crippen LogP contribution in [0.3, 0.4) is 0 Å². The second-order valence-corrected chi connectivity index (χ2v) is 5.82. The molecule has 1 aliphatic heterocycles. The molecule has 1 heterocycles. The third-order valence-corrected chi connectivity index (χ3v) is 3.72. The maximum atomic E-state index is 12.1. The summed E-state index contributed by atoms with van der Waals surface area (Å²) in [5.74, 6) is -0.220. The third-order valence-electron chi connectivity index (χ3n) is 2.76. The van der Waals surface area contributed by atoms with Crippen LogP contribution in [0.2, 0.25) is 5.02 Å². The summed E-state index contributed by atoms with van der Waals surface area (Å²) in [6.45, 7) is 1.26. The lowest BCUT2D eigenvalue weighted by molar-refractivity contribution is -0.384. The van der Waals surface area contributed by atoms with Crippen LogP contribution >= 0.6 is 27.5 Å². The van der Waals surface area contributed by atoms with Gasteiger partial charge in [-0.2, -0.15) is 0 Å². The van der Waals surface area contributed by atoms with Crippen LogP contribution in [-0.4, -0.2) is 33.6 Å². The number of alkyl halides is 1. The van der Waals surface area contributed by atoms with E-state index in [0.29, 0.717) is 13.1 Å². The lowest BCUT2D eigenvalue weighted by atomic mass is 10.2. The monoisotopic (exact) mass is 332 g/mol. The van der Waals surface area contributed by atoms with E-state index in [-0.39, 0.29) is 27.0 Å². The van der Waals surface area contributed by atoms with Gasteiger partial charge in [0.2, 0.25) is 0 Å². The van der Waals surface area contributed by atoms with Crippen LogP contribution < -0.4 is 0 Å². The number of hydrogen-bond acceptors (Lipinski definition) is 3. The van der Waals surface area contributed by atoms with E-state index in [4.69, 9.17) is 11.6 Å². The normalized spacial score (nSPS) is 19.0. The summed E-state index contributed by atoms with van der Waals surface area (Å²) in [5, 5.41) is 10.9. The van der Waals surface area contributed by atoms with Crippen LogP contribution in [-0.2, 0) is 0 Å². The van der Waals surface area contributed by atoms with E-state index < -0.39 is 4.92 Å². The zero-order valence-corrected chi connectivity index (χ0v) is 11.6. The van der Waals surface area contributed by atoms with Crippen molar-refractivity contribution in [3.63, 3.8) is 0 Å². The molecule has 7 heteroatoms. The second-order valence-electron chi connectivity index (χ2n) is 4.09. The lowest BCUT2D eigenvalue weighted by Gasteiger charge is -2.15. The Bertz CT molecular complexity index is 509. The molecule has 0 bridgehead atoms. The van der Waals surface area contributed by atoms with Gasteiger partial charge < -0.3 is 4.90 Å². The van der Waals surface area contributed by atoms with Crippen LogP contribution in [0.5, 0.6) is 0 Å². The fourth-order valence-corrected chi connectivity index (χ4v) is 2.67. The number of hydrogen-bond donors (Lipinski definition) is 0. The maximum Gasteiger partial charge on any atom is 0.271 e. The number of non-ortho nitro benzene ring substituents is 1. The zero-order chi connectivity index (χ0) is 13.3. The zero-order valence-electron chi connectivity index (χ0n) is 9.31. The molecule has 1 atom stereocenters. The number of amides is 1. The molecule has 0 aromatic heterocycles. The molecule has 5 nitrogen and oxygen atoms in total. The van der Waals surface area contributed by atoms with Crippen molar-refractivity contribution < 1.29 is 9.72 Å². The highest BCUT2D eigenvalue weighted by molar-refractivity contribution is 9.09. The number of carbonyl (C=O) groups excluding carboxylic acids is 1. The van der Waals surface area contributed by atoms with Gasteiger partial charge in [0, 0.05) is 40.6 Å². The molecule has 1 fully saturated rings. The Hall–Kier alpha value is -1.14. The predicted octanol–water partition coefficient (Wildman–Crippen LogP) is 2.86. The number of halogens is 2. The minimum Gasteiger partial charge on any atom is -0.337 e. The fourth-order valence-electron chi connectivity index (χ4n) is 1.89. The number of carbonyl (C=O) groups is 1. The molecular weight excluding hydrogens is 323 g/mol. The molecule has 2 rings (SSSR count). The second kappa shape index (κ2) is 5.24. The van der Waals surface area contributed by atoms with Crippen LogP contribution in [0.25, 0.3) is 0 Å². The van der Waals surface area contributed by atoms with Crippen molar-refractivity contribution in [3.05, 3.63) is 38.9 Å². The van der Waals surface area contributed by atoms with Gasteiger partial charge in [-0.3, -0.25) is 14.9 Å². The van der Waals surface area contributed by atoms with Gasteiger partial charge in [-0.1, -0.05) is 27.5 Å². The summed E-state index contributed by atoms with van der Waals surface area (Å²) in [4.78, 5) is 24.3. The van der Waals surface area contributed by atoms with E-state index in [1.165, 1.54) is 18.2 Å². The molecule has 1 aliphatic rings. The van der Waals surface area contributed by atoms with Crippen molar-refractivity contribution in [2.75, 3.05) is 13.1 Å². The smallest absolute Gasteiger partial charge is 0.271 e. The van der Waals surface area contributed by atoms with Gasteiger partial charge in [-0.25, -0.2) is 0 Å². The van der Waals surface area contributed by atoms with Crippen molar-refractivity contribution in [1.82, 2.24) is 4.90 Å². The minimum atomic E-state index is -0.556. The first kappa shape index (κ1) is 13.3. The molecule has 1 saturated heterocycles. The largest absolute Gasteiger partial charge is 0.337 e. The molecule has 1 aromatic carbocycles. The van der Waals surface area contributed by atoms with E-state index in [0.717, 1.165) is 6.42 Å². The van der Waals surface area contributed by atoms with Crippen molar-refractivity contribution in [1.29, 1.82) is 0 Å². The van der Waals surface area contributed by atoms with E-state index in [2.05, 4.69) is 15.9 Å². The van der Waals surface area contributed by atoms with Crippen molar-refractivity contribution in [3.8, 4) is 0 Å². The minimum absolute atomic E-state index is 0.166. The Balaban J connectivity index is 2.27. The molecular formula is C11H10BrClN2O3. The molecule has 1 amide bonds. The molecule has 1 unspecified atom stereocenters. The highest BCUT2D eigenvalue weighted by Crippen LogP contribution is 2.24. The number of likely N-dealkylation sites (tertiary alicyclic amines) is 1. The lowest BCUT2D eigenvalue weighted by Crippen LogP contribution is -2.28. The van der Waals surface area contributed by atoms with E-state index in [9.17, 15) is 14.9 Å². The number of benzene rings is 1. The number of rotatable bonds is 2. The first-order chi connectivity index (χ1) is 8.47. The molecule has 0 aliphatic carbocycles. The number of nitrogens with zero attached hydrogens (tertiary/aromatic N) is 2. The molecule has 0 saturated carbocycles. The molecule has 0 N–H and O–H groups in total. The average Bonchev–Trinajstić information content (AvgIpc) is 2.74. The van der Waals surface area contributed by atoms with Gasteiger partial charge in [0.1, 0.15) is 0 Å². The summed E-state index contributed by atoms with van der Waals surface area (Å²) >= 11 is 9.23. The van der Waals surface area contributed by atoms with E-state index >= 15 is 0 Å². The van der Waals surface area contributed by atoms with Gasteiger partial charge in [-0.15, -0.1) is 0 Å². The van der Waals surface area contributed by atoms with Gasteiger partial charge in [0.15, 0.2) is 0 Å². The Kier molecular flexibility index (Phi) is 3.87. The van der Waals surface area contributed by atoms with Crippen molar-refractivity contribution >= 4 is 39.1 Å². The van der Waals surface area contributed by atoms with Crippen molar-refractivity contribution in [2.24, 2.45) is 0 Å². The van der Waals surface area contributed by atoms with E-state index in [1.54, 1.807) is 4.90 Å². The first-order valence-corrected chi connectivity index (χ1v) is 6.65. The standard InChI is InChI=1S/C11H10BrClN2O3/c12-8-1-2-14(6-8)11(16)7-3-9(13)5-10(4-7)15(17)18/h3-5,8H,1-2,6H2. The summed E-state index contributed by atoms with van der Waals surface area (Å²) in [6, 6.07) is 3.95. The predicted molar refractivity (Wildman–Crippen MR) is 71.3 cm³/mol. The highest BCUT2D eigenvalue weighted by atomic mass is 79.9. The summed E-state index contributed by atoms with van der Waals surface area (Å²) in [5.41, 5.74) is 0.0937. The van der Waals surface area contributed by atoms with Crippen molar-refractivity contribution in [2.45, 2.75) is 11.2 Å². The Morgan fingerprint density at radius 3 is 2.78 bits per heavy atom. The summed E-state index contributed by atoms with van der Waals surface area (Å²) in [7, 11) is 0. The fraction of sp³-hybridized carbons (Fsp3) is 0.364. The topological polar surface area (TPSA) is 63.4 Å². The SMILES string of the molecule is O=C(c1cc(Cl)cc([N+](=O)[O-])c1)N1CCC(Br)C1. The van der Waals surface area contributed by atoms with Gasteiger partial charge in [0.05, 0.1) is 4.92 Å². The maximum absolute atomic E-state index is 12.1. The highest BCUT2D eigenvalue weighted by Gasteiger charge is 2.26. The summed E-state index contributed by atoms with van der Waals surface area (Å²) < 4.78 is 0. The van der Waals surface area contributed by atoms with Crippen LogP contribution in [0.15, 0.2) is 18.2 Å². The Morgan fingerprint density at radius 1 is 1.50 bits per heavy atom. The Labute approximate surface area is 117 Å². The molecule has 0 spiro atoms. The third kappa shape index (κ3) is 2.81.